The molecule has 0 radical (unpaired) electrons. The summed E-state index contributed by atoms with van der Waals surface area (Å²) in [5.74, 6) is 0.373. The highest BCUT2D eigenvalue weighted by Crippen LogP contribution is 2.42. The third kappa shape index (κ3) is 3.63. The molecule has 0 N–H and O–H groups in total. The summed E-state index contributed by atoms with van der Waals surface area (Å²) in [4.78, 5) is 17.1. The number of carbonyl (C=O) groups excluding carboxylic acids is 1. The van der Waals surface area contributed by atoms with Crippen LogP contribution >= 0.6 is 46.1 Å². The molecule has 1 aromatic heterocycles. The first-order valence-electron chi connectivity index (χ1n) is 8.29. The Hall–Kier alpha value is -2.05. The highest BCUT2D eigenvalue weighted by Gasteiger charge is 2.28. The van der Waals surface area contributed by atoms with E-state index >= 15 is 0 Å². The number of hydrogen-bond acceptors (Lipinski definition) is 5. The number of rotatable bonds is 4. The van der Waals surface area contributed by atoms with Gasteiger partial charge < -0.3 is 9.47 Å². The molecule has 3 aromatic rings. The molecular formula is C20H12Cl3NO3S. The van der Waals surface area contributed by atoms with Crippen LogP contribution in [-0.4, -0.2) is 18.5 Å². The Bertz CT molecular complexity index is 1150. The van der Waals surface area contributed by atoms with Gasteiger partial charge in [0.25, 0.3) is 0 Å². The van der Waals surface area contributed by atoms with Crippen molar-refractivity contribution in [2.45, 2.75) is 6.92 Å². The van der Waals surface area contributed by atoms with Crippen LogP contribution in [0.1, 0.15) is 17.4 Å². The second-order valence-corrected chi connectivity index (χ2v) is 8.12. The highest BCUT2D eigenvalue weighted by atomic mass is 35.5. The van der Waals surface area contributed by atoms with Gasteiger partial charge in [-0.05, 0) is 42.8 Å². The maximum atomic E-state index is 12.3. The van der Waals surface area contributed by atoms with Crippen LogP contribution in [0.2, 0.25) is 15.1 Å². The quantitative estimate of drug-likeness (QED) is 0.331. The van der Waals surface area contributed by atoms with Crippen LogP contribution < -0.4 is 4.74 Å². The lowest BCUT2D eigenvalue weighted by Gasteiger charge is -2.02. The summed E-state index contributed by atoms with van der Waals surface area (Å²) >= 11 is 20.1. The van der Waals surface area contributed by atoms with Gasteiger partial charge in [-0.3, -0.25) is 0 Å². The van der Waals surface area contributed by atoms with E-state index < -0.39 is 5.97 Å². The number of thiophene rings is 1. The zero-order valence-corrected chi connectivity index (χ0v) is 17.5. The molecule has 1 aliphatic rings. The van der Waals surface area contributed by atoms with Gasteiger partial charge in [-0.15, -0.1) is 11.3 Å². The molecule has 0 spiro atoms. The maximum Gasteiger partial charge on any atom is 0.363 e. The van der Waals surface area contributed by atoms with E-state index in [1.165, 1.54) is 11.3 Å². The number of ether oxygens (including phenoxy) is 2. The summed E-state index contributed by atoms with van der Waals surface area (Å²) in [7, 11) is 0. The van der Waals surface area contributed by atoms with Gasteiger partial charge >= 0.3 is 5.97 Å². The molecule has 0 bridgehead atoms. The molecule has 1 aliphatic heterocycles. The molecule has 142 valence electrons. The van der Waals surface area contributed by atoms with Gasteiger partial charge in [-0.2, -0.15) is 0 Å². The first-order valence-corrected chi connectivity index (χ1v) is 10.2. The fourth-order valence-electron chi connectivity index (χ4n) is 2.74. The lowest BCUT2D eigenvalue weighted by molar-refractivity contribution is -0.129. The molecule has 8 heteroatoms. The fourth-order valence-corrected chi connectivity index (χ4v) is 5.04. The number of hydrogen-bond donors (Lipinski definition) is 0. The van der Waals surface area contributed by atoms with E-state index in [0.29, 0.717) is 31.9 Å². The second kappa shape index (κ2) is 7.76. The molecule has 2 aromatic carbocycles. The average Bonchev–Trinajstić information content (AvgIpc) is 3.17. The summed E-state index contributed by atoms with van der Waals surface area (Å²) in [6.07, 6.45) is 1.65. The van der Waals surface area contributed by atoms with E-state index in [-0.39, 0.29) is 11.6 Å². The summed E-state index contributed by atoms with van der Waals surface area (Å²) in [5, 5.41) is 1.99. The Balaban J connectivity index is 1.70. The van der Waals surface area contributed by atoms with E-state index in [1.54, 1.807) is 18.2 Å². The van der Waals surface area contributed by atoms with Crippen molar-refractivity contribution in [3.8, 4) is 5.75 Å². The molecule has 28 heavy (non-hydrogen) atoms. The normalized spacial score (nSPS) is 15.2. The van der Waals surface area contributed by atoms with Crippen molar-refractivity contribution in [2.75, 3.05) is 6.61 Å². The lowest BCUT2D eigenvalue weighted by Crippen LogP contribution is -2.04. The van der Waals surface area contributed by atoms with Crippen LogP contribution in [0.5, 0.6) is 5.75 Å². The lowest BCUT2D eigenvalue weighted by atomic mass is 10.2. The zero-order valence-electron chi connectivity index (χ0n) is 14.5. The summed E-state index contributed by atoms with van der Waals surface area (Å²) in [5.41, 5.74) is 0.995. The topological polar surface area (TPSA) is 47.9 Å². The van der Waals surface area contributed by atoms with Crippen molar-refractivity contribution >= 4 is 74.2 Å². The molecule has 4 nitrogen and oxygen atoms in total. The molecule has 0 atom stereocenters. The van der Waals surface area contributed by atoms with E-state index in [9.17, 15) is 4.79 Å². The Morgan fingerprint density at radius 2 is 1.93 bits per heavy atom. The van der Waals surface area contributed by atoms with Crippen molar-refractivity contribution in [3.05, 3.63) is 67.6 Å². The third-order valence-corrected chi connectivity index (χ3v) is 6.09. The zero-order chi connectivity index (χ0) is 19.8. The van der Waals surface area contributed by atoms with Crippen LogP contribution in [0.15, 0.2) is 47.1 Å². The number of esters is 1. The molecule has 4 rings (SSSR count). The number of fused-ring (bicyclic) bond motifs is 1. The van der Waals surface area contributed by atoms with Gasteiger partial charge in [-0.25, -0.2) is 9.79 Å². The van der Waals surface area contributed by atoms with Crippen molar-refractivity contribution in [1.82, 2.24) is 0 Å². The van der Waals surface area contributed by atoms with Gasteiger partial charge in [0, 0.05) is 15.1 Å². The Kier molecular flexibility index (Phi) is 5.34. The second-order valence-electron chi connectivity index (χ2n) is 5.84. The largest absolute Gasteiger partial charge is 0.494 e. The van der Waals surface area contributed by atoms with Crippen molar-refractivity contribution in [3.63, 3.8) is 0 Å². The number of aliphatic imine (C=N–C) groups is 1. The molecule has 0 unspecified atom stereocenters. The molecule has 0 aliphatic carbocycles. The van der Waals surface area contributed by atoms with E-state index in [2.05, 4.69) is 4.99 Å². The number of halogens is 3. The number of benzene rings is 2. The van der Waals surface area contributed by atoms with Crippen molar-refractivity contribution in [2.24, 2.45) is 4.99 Å². The first-order chi connectivity index (χ1) is 13.5. The van der Waals surface area contributed by atoms with Crippen LogP contribution in [0.3, 0.4) is 0 Å². The van der Waals surface area contributed by atoms with Gasteiger partial charge in [0.1, 0.15) is 10.6 Å². The van der Waals surface area contributed by atoms with Crippen LogP contribution in [0.4, 0.5) is 0 Å². The van der Waals surface area contributed by atoms with Gasteiger partial charge in [0.05, 0.1) is 16.7 Å². The SMILES string of the molecule is CCOc1ccc(/C=C2\N=C(c3sc4cc(Cl)cc(Cl)c4c3Cl)OC2=O)cc1. The fraction of sp³-hybridized carbons (Fsp3) is 0.100. The molecular weight excluding hydrogens is 441 g/mol. The predicted molar refractivity (Wildman–Crippen MR) is 115 cm³/mol. The monoisotopic (exact) mass is 451 g/mol. The predicted octanol–water partition coefficient (Wildman–Crippen LogP) is 6.60. The summed E-state index contributed by atoms with van der Waals surface area (Å²) < 4.78 is 11.5. The van der Waals surface area contributed by atoms with E-state index in [1.807, 2.05) is 31.2 Å². The summed E-state index contributed by atoms with van der Waals surface area (Å²) in [6, 6.07) is 10.7. The first kappa shape index (κ1) is 19.3. The molecule has 2 heterocycles. The molecule has 0 fully saturated rings. The third-order valence-electron chi connectivity index (χ3n) is 3.96. The molecule has 0 amide bonds. The minimum absolute atomic E-state index is 0.153. The van der Waals surface area contributed by atoms with Crippen molar-refractivity contribution in [1.29, 1.82) is 0 Å². The minimum Gasteiger partial charge on any atom is -0.494 e. The maximum absolute atomic E-state index is 12.3. The van der Waals surface area contributed by atoms with Gasteiger partial charge in [0.2, 0.25) is 5.90 Å². The van der Waals surface area contributed by atoms with E-state index in [0.717, 1.165) is 16.0 Å². The van der Waals surface area contributed by atoms with Crippen LogP contribution in [0.25, 0.3) is 16.2 Å². The standard InChI is InChI=1S/C20H12Cl3NO3S/c1-2-26-12-5-3-10(4-6-12)7-14-20(25)27-19(24-14)18-17(23)16-13(22)8-11(21)9-15(16)28-18/h3-9H,2H2,1H3/b14-7-. The Labute approximate surface area is 179 Å². The van der Waals surface area contributed by atoms with E-state index in [4.69, 9.17) is 44.3 Å². The summed E-state index contributed by atoms with van der Waals surface area (Å²) in [6.45, 7) is 2.51. The number of nitrogens with zero attached hydrogens (tertiary/aromatic N) is 1. The Morgan fingerprint density at radius 3 is 2.64 bits per heavy atom. The minimum atomic E-state index is -0.540. The Morgan fingerprint density at radius 1 is 1.18 bits per heavy atom. The van der Waals surface area contributed by atoms with Gasteiger partial charge in [-0.1, -0.05) is 46.9 Å². The number of cyclic esters (lactones) is 1. The van der Waals surface area contributed by atoms with Crippen LogP contribution in [0, 0.1) is 0 Å². The molecule has 0 saturated heterocycles. The average molecular weight is 453 g/mol. The smallest absolute Gasteiger partial charge is 0.363 e. The van der Waals surface area contributed by atoms with Gasteiger partial charge in [0.15, 0.2) is 5.70 Å². The number of carbonyl (C=O) groups is 1. The van der Waals surface area contributed by atoms with Crippen LogP contribution in [-0.2, 0) is 9.53 Å². The highest BCUT2D eigenvalue weighted by molar-refractivity contribution is 7.21. The molecule has 0 saturated carbocycles. The van der Waals surface area contributed by atoms with Crippen molar-refractivity contribution < 1.29 is 14.3 Å².